The summed E-state index contributed by atoms with van der Waals surface area (Å²) in [6, 6.07) is 4.14. The zero-order chi connectivity index (χ0) is 16.7. The van der Waals surface area contributed by atoms with Gasteiger partial charge in [-0.1, -0.05) is 0 Å². The van der Waals surface area contributed by atoms with Crippen LogP contribution in [0.4, 0.5) is 5.69 Å². The van der Waals surface area contributed by atoms with Gasteiger partial charge in [0.2, 0.25) is 0 Å². The van der Waals surface area contributed by atoms with E-state index in [9.17, 15) is 15.2 Å². The van der Waals surface area contributed by atoms with Gasteiger partial charge in [0.25, 0.3) is 5.69 Å². The van der Waals surface area contributed by atoms with Crippen molar-refractivity contribution in [2.45, 2.75) is 38.3 Å². The Morgan fingerprint density at radius 2 is 2.21 bits per heavy atom. The van der Waals surface area contributed by atoms with Crippen molar-refractivity contribution in [2.75, 3.05) is 6.54 Å². The minimum atomic E-state index is -0.443. The van der Waals surface area contributed by atoms with Crippen LogP contribution in [0.1, 0.15) is 41.4 Å². The van der Waals surface area contributed by atoms with E-state index in [2.05, 4.69) is 9.88 Å². The van der Waals surface area contributed by atoms with Gasteiger partial charge in [0.05, 0.1) is 4.92 Å². The van der Waals surface area contributed by atoms with Gasteiger partial charge < -0.3 is 5.11 Å². The topological polar surface area (TPSA) is 92.4 Å². The Hall–Kier alpha value is -2.54. The molecule has 24 heavy (non-hydrogen) atoms. The lowest BCUT2D eigenvalue weighted by atomic mass is 10.1. The summed E-state index contributed by atoms with van der Waals surface area (Å²) in [6.07, 6.45) is 5.14. The fourth-order valence-electron chi connectivity index (χ4n) is 3.12. The second-order valence-corrected chi connectivity index (χ2v) is 6.51. The van der Waals surface area contributed by atoms with Gasteiger partial charge in [-0.25, -0.2) is 9.97 Å². The molecule has 1 aliphatic carbocycles. The van der Waals surface area contributed by atoms with Crippen molar-refractivity contribution in [1.29, 1.82) is 0 Å². The van der Waals surface area contributed by atoms with Crippen molar-refractivity contribution in [3.63, 3.8) is 0 Å². The smallest absolute Gasteiger partial charge is 0.270 e. The molecule has 2 heterocycles. The molecule has 0 amide bonds. The van der Waals surface area contributed by atoms with Crippen molar-refractivity contribution in [1.82, 2.24) is 14.9 Å². The molecular weight excluding hydrogens is 308 g/mol. The zero-order valence-corrected chi connectivity index (χ0v) is 13.2. The van der Waals surface area contributed by atoms with E-state index in [1.54, 1.807) is 0 Å². The van der Waals surface area contributed by atoms with Crippen LogP contribution < -0.4 is 0 Å². The highest BCUT2D eigenvalue weighted by Gasteiger charge is 2.28. The number of aromatic hydroxyl groups is 1. The molecule has 1 N–H and O–H groups in total. The summed E-state index contributed by atoms with van der Waals surface area (Å²) >= 11 is 0. The number of aromatic nitrogens is 2. The molecule has 0 spiro atoms. The number of nitro benzene ring substituents is 1. The normalized spacial score (nSPS) is 17.5. The summed E-state index contributed by atoms with van der Waals surface area (Å²) in [4.78, 5) is 21.8. The molecule has 1 aromatic carbocycles. The summed E-state index contributed by atoms with van der Waals surface area (Å²) in [5.74, 6) is 1.61. The predicted octanol–water partition coefficient (Wildman–Crippen LogP) is 2.53. The van der Waals surface area contributed by atoms with Crippen molar-refractivity contribution in [3.05, 3.63) is 57.2 Å². The predicted molar refractivity (Wildman–Crippen MR) is 86.6 cm³/mol. The Bertz CT molecular complexity index is 804. The molecule has 0 bridgehead atoms. The minimum Gasteiger partial charge on any atom is -0.508 e. The number of phenolic OH excluding ortho intramolecular Hbond substituents is 1. The first-order valence-electron chi connectivity index (χ1n) is 8.13. The molecule has 1 saturated carbocycles. The van der Waals surface area contributed by atoms with Crippen LogP contribution >= 0.6 is 0 Å². The highest BCUT2D eigenvalue weighted by molar-refractivity contribution is 5.43. The molecule has 2 aliphatic rings. The molecule has 4 rings (SSSR count). The van der Waals surface area contributed by atoms with Gasteiger partial charge in [0.1, 0.15) is 11.6 Å². The van der Waals surface area contributed by atoms with Gasteiger partial charge in [-0.3, -0.25) is 15.0 Å². The highest BCUT2D eigenvalue weighted by atomic mass is 16.6. The van der Waals surface area contributed by atoms with Crippen molar-refractivity contribution >= 4 is 5.69 Å². The third-order valence-electron chi connectivity index (χ3n) is 4.64. The molecule has 1 aromatic heterocycles. The number of fused-ring (bicyclic) bond motifs is 1. The molecule has 1 aliphatic heterocycles. The quantitative estimate of drug-likeness (QED) is 0.685. The van der Waals surface area contributed by atoms with Crippen molar-refractivity contribution < 1.29 is 10.0 Å². The second kappa shape index (κ2) is 5.83. The lowest BCUT2D eigenvalue weighted by Gasteiger charge is -2.28. The lowest BCUT2D eigenvalue weighted by Crippen LogP contribution is -2.31. The third kappa shape index (κ3) is 2.94. The Kier molecular flexibility index (Phi) is 3.65. The number of nitrogens with zero attached hydrogens (tertiary/aromatic N) is 4. The first-order valence-corrected chi connectivity index (χ1v) is 8.13. The Labute approximate surface area is 139 Å². The van der Waals surface area contributed by atoms with Crippen LogP contribution in [0.15, 0.2) is 24.4 Å². The Morgan fingerprint density at radius 1 is 1.38 bits per heavy atom. The average Bonchev–Trinajstić information content (AvgIpc) is 3.41. The van der Waals surface area contributed by atoms with Gasteiger partial charge in [-0.05, 0) is 18.9 Å². The van der Waals surface area contributed by atoms with Crippen LogP contribution in [0, 0.1) is 10.1 Å². The zero-order valence-electron chi connectivity index (χ0n) is 13.2. The number of hydrogen-bond acceptors (Lipinski definition) is 6. The first kappa shape index (κ1) is 15.0. The number of non-ortho nitro benzene ring substituents is 1. The summed E-state index contributed by atoms with van der Waals surface area (Å²) in [7, 11) is 0. The number of benzene rings is 1. The Balaban J connectivity index is 1.51. The van der Waals surface area contributed by atoms with Gasteiger partial charge in [-0.15, -0.1) is 0 Å². The van der Waals surface area contributed by atoms with E-state index in [1.165, 1.54) is 31.0 Å². The molecule has 2 aromatic rings. The van der Waals surface area contributed by atoms with Crippen LogP contribution in [0.3, 0.4) is 0 Å². The van der Waals surface area contributed by atoms with Crippen LogP contribution in [0.2, 0.25) is 0 Å². The van der Waals surface area contributed by atoms with E-state index in [0.29, 0.717) is 24.6 Å². The summed E-state index contributed by atoms with van der Waals surface area (Å²) < 4.78 is 0. The standard InChI is InChI=1S/C17H18N4O3/c22-16-4-3-14(21(23)24)7-12(16)9-20-6-5-15-13(10-20)8-18-17(19-15)11-1-2-11/h3-4,7-8,11,22H,1-2,5-6,9-10H2. The SMILES string of the molecule is O=[N+]([O-])c1ccc(O)c(CN2CCc3nc(C4CC4)ncc3C2)c1. The van der Waals surface area contributed by atoms with E-state index in [4.69, 9.17) is 4.98 Å². The number of hydrogen-bond donors (Lipinski definition) is 1. The summed E-state index contributed by atoms with van der Waals surface area (Å²) in [5, 5.41) is 20.9. The van der Waals surface area contributed by atoms with Crippen molar-refractivity contribution in [3.8, 4) is 5.75 Å². The Morgan fingerprint density at radius 3 is 2.96 bits per heavy atom. The number of rotatable bonds is 4. The highest BCUT2D eigenvalue weighted by Crippen LogP contribution is 2.38. The van der Waals surface area contributed by atoms with Gasteiger partial charge >= 0.3 is 0 Å². The molecule has 0 radical (unpaired) electrons. The molecule has 0 atom stereocenters. The lowest BCUT2D eigenvalue weighted by molar-refractivity contribution is -0.385. The number of nitro groups is 1. The van der Waals surface area contributed by atoms with Crippen LogP contribution in [-0.2, 0) is 19.5 Å². The van der Waals surface area contributed by atoms with Crippen LogP contribution in [-0.4, -0.2) is 31.4 Å². The summed E-state index contributed by atoms with van der Waals surface area (Å²) in [5.41, 5.74) is 2.79. The monoisotopic (exact) mass is 326 g/mol. The maximum Gasteiger partial charge on any atom is 0.270 e. The van der Waals surface area contributed by atoms with E-state index in [0.717, 1.165) is 30.0 Å². The van der Waals surface area contributed by atoms with Crippen molar-refractivity contribution in [2.24, 2.45) is 0 Å². The van der Waals surface area contributed by atoms with Gasteiger partial charge in [0, 0.05) is 67.1 Å². The average molecular weight is 326 g/mol. The van der Waals surface area contributed by atoms with E-state index in [1.807, 2.05) is 6.20 Å². The van der Waals surface area contributed by atoms with E-state index >= 15 is 0 Å². The molecular formula is C17H18N4O3. The van der Waals surface area contributed by atoms with E-state index < -0.39 is 4.92 Å². The van der Waals surface area contributed by atoms with E-state index in [-0.39, 0.29) is 11.4 Å². The molecule has 0 saturated heterocycles. The number of phenols is 1. The maximum absolute atomic E-state index is 10.9. The second-order valence-electron chi connectivity index (χ2n) is 6.51. The molecule has 1 fully saturated rings. The van der Waals surface area contributed by atoms with Gasteiger partial charge in [0.15, 0.2) is 0 Å². The molecule has 7 nitrogen and oxygen atoms in total. The largest absolute Gasteiger partial charge is 0.508 e. The fraction of sp³-hybridized carbons (Fsp3) is 0.412. The van der Waals surface area contributed by atoms with Gasteiger partial charge in [-0.2, -0.15) is 0 Å². The minimum absolute atomic E-state index is 0.00221. The fourth-order valence-corrected chi connectivity index (χ4v) is 3.12. The summed E-state index contributed by atoms with van der Waals surface area (Å²) in [6.45, 7) is 1.98. The van der Waals surface area contributed by atoms with Crippen LogP contribution in [0.25, 0.3) is 0 Å². The van der Waals surface area contributed by atoms with Crippen LogP contribution in [0.5, 0.6) is 5.75 Å². The molecule has 124 valence electrons. The first-order chi connectivity index (χ1) is 11.6. The maximum atomic E-state index is 10.9. The molecule has 0 unspecified atom stereocenters. The third-order valence-corrected chi connectivity index (χ3v) is 4.64. The molecule has 7 heteroatoms.